The Morgan fingerprint density at radius 3 is 3.13 bits per heavy atom. The molecule has 0 radical (unpaired) electrons. The molecule has 2 rings (SSSR count). The van der Waals surface area contributed by atoms with E-state index in [1.165, 1.54) is 12.4 Å². The van der Waals surface area contributed by atoms with Gasteiger partial charge in [-0.3, -0.25) is 5.41 Å². The quantitative estimate of drug-likeness (QED) is 0.648. The van der Waals surface area contributed by atoms with Gasteiger partial charge in [-0.05, 0) is 12.1 Å². The molecule has 0 bridgehead atoms. The van der Waals surface area contributed by atoms with Gasteiger partial charge in [-0.25, -0.2) is 4.98 Å². The van der Waals surface area contributed by atoms with Crippen LogP contribution in [0.4, 0.5) is 5.69 Å². The number of furan rings is 1. The zero-order valence-corrected chi connectivity index (χ0v) is 7.84. The molecule has 0 saturated carbocycles. The lowest BCUT2D eigenvalue weighted by Crippen LogP contribution is -2.20. The summed E-state index contributed by atoms with van der Waals surface area (Å²) in [5, 5.41) is 19.3. The predicted molar refractivity (Wildman–Crippen MR) is 51.3 cm³/mol. The Morgan fingerprint density at radius 2 is 2.47 bits per heavy atom. The lowest BCUT2D eigenvalue weighted by molar-refractivity contribution is 0.165. The van der Waals surface area contributed by atoms with Crippen LogP contribution in [-0.2, 0) is 6.54 Å². The number of hydrogen-bond donors (Lipinski definition) is 3. The smallest absolute Gasteiger partial charge is 0.255 e. The average molecular weight is 206 g/mol. The Bertz CT molecular complexity index is 489. The third-order valence-corrected chi connectivity index (χ3v) is 1.85. The van der Waals surface area contributed by atoms with Gasteiger partial charge in [0.15, 0.2) is 0 Å². The topological polar surface area (TPSA) is 87.1 Å². The number of hydrogen-bond acceptors (Lipinski definition) is 5. The highest BCUT2D eigenvalue weighted by molar-refractivity contribution is 5.37. The summed E-state index contributed by atoms with van der Waals surface area (Å²) in [6.07, 6.45) is 4.44. The maximum absolute atomic E-state index is 9.16. The van der Waals surface area contributed by atoms with Gasteiger partial charge in [0, 0.05) is 0 Å². The highest BCUT2D eigenvalue weighted by Crippen LogP contribution is 2.05. The second-order valence-corrected chi connectivity index (χ2v) is 2.94. The van der Waals surface area contributed by atoms with E-state index in [1.54, 1.807) is 12.3 Å². The molecule has 0 fully saturated rings. The van der Waals surface area contributed by atoms with Crippen molar-refractivity contribution >= 4 is 5.69 Å². The van der Waals surface area contributed by atoms with Crippen molar-refractivity contribution < 1.29 is 9.62 Å². The first-order valence-corrected chi connectivity index (χ1v) is 4.34. The molecule has 0 unspecified atom stereocenters. The van der Waals surface area contributed by atoms with E-state index in [0.29, 0.717) is 17.0 Å². The Balaban J connectivity index is 2.05. The van der Waals surface area contributed by atoms with E-state index < -0.39 is 0 Å². The first-order chi connectivity index (χ1) is 7.25. The number of nitrogens with zero attached hydrogens (tertiary/aromatic N) is 2. The maximum Gasteiger partial charge on any atom is 0.255 e. The van der Waals surface area contributed by atoms with Crippen molar-refractivity contribution in [1.82, 2.24) is 9.71 Å². The van der Waals surface area contributed by atoms with Crippen LogP contribution in [0.25, 0.3) is 0 Å². The van der Waals surface area contributed by atoms with Crippen molar-refractivity contribution in [3.8, 4) is 0 Å². The highest BCUT2D eigenvalue weighted by atomic mass is 16.5. The summed E-state index contributed by atoms with van der Waals surface area (Å²) in [6, 6.07) is 3.64. The largest absolute Gasteiger partial charge is 0.467 e. The molecule has 0 saturated heterocycles. The summed E-state index contributed by atoms with van der Waals surface area (Å²) in [4.78, 5) is 3.67. The van der Waals surface area contributed by atoms with Gasteiger partial charge in [0.25, 0.3) is 5.62 Å². The number of rotatable bonds is 3. The Hall–Kier alpha value is -2.24. The summed E-state index contributed by atoms with van der Waals surface area (Å²) in [6.45, 7) is 0.506. The summed E-state index contributed by atoms with van der Waals surface area (Å²) in [5.41, 5.74) is 0.406. The van der Waals surface area contributed by atoms with Crippen molar-refractivity contribution in [2.75, 3.05) is 5.32 Å². The third-order valence-electron chi connectivity index (χ3n) is 1.85. The van der Waals surface area contributed by atoms with Crippen LogP contribution in [0.3, 0.4) is 0 Å². The molecular formula is C9H10N4O2. The van der Waals surface area contributed by atoms with Crippen LogP contribution in [0, 0.1) is 5.41 Å². The Morgan fingerprint density at radius 1 is 1.60 bits per heavy atom. The van der Waals surface area contributed by atoms with Crippen molar-refractivity contribution in [1.29, 1.82) is 5.41 Å². The molecule has 2 aromatic rings. The second kappa shape index (κ2) is 3.87. The fourth-order valence-corrected chi connectivity index (χ4v) is 1.11. The summed E-state index contributed by atoms with van der Waals surface area (Å²) in [7, 11) is 0. The van der Waals surface area contributed by atoms with E-state index in [-0.39, 0.29) is 5.62 Å². The zero-order valence-electron chi connectivity index (χ0n) is 7.84. The molecule has 0 amide bonds. The van der Waals surface area contributed by atoms with E-state index in [0.717, 1.165) is 5.76 Å². The molecule has 0 aliphatic carbocycles. The average Bonchev–Trinajstić information content (AvgIpc) is 2.73. The van der Waals surface area contributed by atoms with E-state index in [1.807, 2.05) is 6.07 Å². The van der Waals surface area contributed by atoms with Gasteiger partial charge in [0.05, 0.1) is 30.9 Å². The zero-order chi connectivity index (χ0) is 10.7. The van der Waals surface area contributed by atoms with Crippen molar-refractivity contribution in [3.63, 3.8) is 0 Å². The molecule has 0 aromatic carbocycles. The van der Waals surface area contributed by atoms with Crippen molar-refractivity contribution in [2.45, 2.75) is 6.54 Å². The molecule has 15 heavy (non-hydrogen) atoms. The highest BCUT2D eigenvalue weighted by Gasteiger charge is 1.98. The molecule has 2 heterocycles. The van der Waals surface area contributed by atoms with Crippen LogP contribution >= 0.6 is 0 Å². The molecule has 0 atom stereocenters. The maximum atomic E-state index is 9.16. The Labute approximate surface area is 85.3 Å². The minimum atomic E-state index is -0.210. The van der Waals surface area contributed by atoms with E-state index in [9.17, 15) is 0 Å². The van der Waals surface area contributed by atoms with Crippen LogP contribution in [-0.4, -0.2) is 14.9 Å². The first-order valence-electron chi connectivity index (χ1n) is 4.34. The fourth-order valence-electron chi connectivity index (χ4n) is 1.11. The number of anilines is 1. The lowest BCUT2D eigenvalue weighted by atomic mass is 10.4. The molecular weight excluding hydrogens is 196 g/mol. The molecule has 3 N–H and O–H groups in total. The van der Waals surface area contributed by atoms with Crippen molar-refractivity contribution in [3.05, 3.63) is 42.2 Å². The van der Waals surface area contributed by atoms with Gasteiger partial charge in [0.2, 0.25) is 0 Å². The SMILES string of the molecule is N=c1ncc(NCc2ccco2)cn1O. The lowest BCUT2D eigenvalue weighted by Gasteiger charge is -2.04. The molecule has 0 spiro atoms. The predicted octanol–water partition coefficient (Wildman–Crippen LogP) is 0.805. The normalized spacial score (nSPS) is 10.1. The number of nitrogens with one attached hydrogen (secondary N) is 2. The van der Waals surface area contributed by atoms with Gasteiger partial charge >= 0.3 is 0 Å². The van der Waals surface area contributed by atoms with E-state index in [4.69, 9.17) is 15.0 Å². The first kappa shape index (κ1) is 9.32. The summed E-state index contributed by atoms with van der Waals surface area (Å²) in [5.74, 6) is 0.787. The van der Waals surface area contributed by atoms with Gasteiger partial charge in [-0.2, -0.15) is 4.73 Å². The molecule has 78 valence electrons. The van der Waals surface area contributed by atoms with Crippen LogP contribution in [0.1, 0.15) is 5.76 Å². The molecule has 0 aliphatic heterocycles. The monoisotopic (exact) mass is 206 g/mol. The summed E-state index contributed by atoms with van der Waals surface area (Å²) < 4.78 is 5.76. The number of aromatic nitrogens is 2. The van der Waals surface area contributed by atoms with Crippen LogP contribution in [0.15, 0.2) is 35.2 Å². The standard InChI is InChI=1S/C9H10N4O2/c10-9-12-4-7(6-13(9)14)11-5-8-2-1-3-15-8/h1-4,6,10-11,14H,5H2. The minimum absolute atomic E-state index is 0.210. The van der Waals surface area contributed by atoms with Gasteiger partial charge in [-0.15, -0.1) is 0 Å². The minimum Gasteiger partial charge on any atom is -0.467 e. The second-order valence-electron chi connectivity index (χ2n) is 2.94. The molecule has 6 nitrogen and oxygen atoms in total. The Kier molecular flexibility index (Phi) is 2.40. The molecule has 6 heteroatoms. The van der Waals surface area contributed by atoms with E-state index >= 15 is 0 Å². The van der Waals surface area contributed by atoms with Gasteiger partial charge < -0.3 is 14.9 Å². The van der Waals surface area contributed by atoms with E-state index in [2.05, 4.69) is 10.3 Å². The summed E-state index contributed by atoms with van der Waals surface area (Å²) >= 11 is 0. The third kappa shape index (κ3) is 2.16. The van der Waals surface area contributed by atoms with Crippen molar-refractivity contribution in [2.24, 2.45) is 0 Å². The van der Waals surface area contributed by atoms with Crippen LogP contribution < -0.4 is 10.9 Å². The molecule has 0 aliphatic rings. The van der Waals surface area contributed by atoms with Gasteiger partial charge in [-0.1, -0.05) is 0 Å². The van der Waals surface area contributed by atoms with Gasteiger partial charge in [0.1, 0.15) is 5.76 Å². The van der Waals surface area contributed by atoms with Crippen LogP contribution in [0.5, 0.6) is 0 Å². The van der Waals surface area contributed by atoms with Crippen LogP contribution in [0.2, 0.25) is 0 Å². The fraction of sp³-hybridized carbons (Fsp3) is 0.111. The molecule has 2 aromatic heterocycles.